The molecule has 12 heavy (non-hydrogen) atoms. The third kappa shape index (κ3) is 3.13. The Kier molecular flexibility index (Phi) is 4.25. The first kappa shape index (κ1) is 12.0. The molecule has 0 saturated heterocycles. The van der Waals surface area contributed by atoms with Crippen molar-refractivity contribution in [2.45, 2.75) is 4.90 Å². The number of halogens is 1. The van der Waals surface area contributed by atoms with E-state index in [9.17, 15) is 8.42 Å². The van der Waals surface area contributed by atoms with Crippen molar-refractivity contribution in [2.24, 2.45) is 0 Å². The van der Waals surface area contributed by atoms with Gasteiger partial charge in [-0.05, 0) is 18.2 Å². The minimum absolute atomic E-state index is 0. The molecule has 6 heteroatoms. The summed E-state index contributed by atoms with van der Waals surface area (Å²) >= 11 is 5.48. The van der Waals surface area contributed by atoms with E-state index in [1.54, 1.807) is 0 Å². The maximum atomic E-state index is 10.5. The first-order chi connectivity index (χ1) is 5.00. The molecule has 0 radical (unpaired) electrons. The molecule has 0 atom stereocenters. The molecule has 1 aromatic carbocycles. The summed E-state index contributed by atoms with van der Waals surface area (Å²) in [6.07, 6.45) is 0. The number of rotatable bonds is 1. The van der Waals surface area contributed by atoms with Crippen molar-refractivity contribution in [1.29, 1.82) is 0 Å². The second-order valence-corrected chi connectivity index (χ2v) is 3.79. The Labute approximate surface area is 86.2 Å². The fraction of sp³-hybridized carbons (Fsp3) is 0. The van der Waals surface area contributed by atoms with E-state index < -0.39 is 10.1 Å². The Morgan fingerprint density at radius 2 is 1.92 bits per heavy atom. The quantitative estimate of drug-likeness (QED) is 0.553. The molecule has 0 aromatic heterocycles. The van der Waals surface area contributed by atoms with Crippen LogP contribution < -0.4 is 0 Å². The molecule has 1 rings (SSSR count). The van der Waals surface area contributed by atoms with E-state index >= 15 is 0 Å². The minimum atomic E-state index is -4.11. The molecule has 3 nitrogen and oxygen atoms in total. The summed E-state index contributed by atoms with van der Waals surface area (Å²) in [4.78, 5) is -0.190. The van der Waals surface area contributed by atoms with Gasteiger partial charge in [-0.2, -0.15) is 8.42 Å². The number of hydrogen-bond acceptors (Lipinski definition) is 2. The Bertz CT molecular complexity index is 363. The molecule has 0 amide bonds. The molecular weight excluding hydrogens is 215 g/mol. The largest absolute Gasteiger partial charge is 0.294 e. The van der Waals surface area contributed by atoms with Gasteiger partial charge in [-0.3, -0.25) is 4.55 Å². The highest BCUT2D eigenvalue weighted by Gasteiger charge is 2.07. The SMILES string of the molecule is O=S(=O)(O)c1cccc(Cl)c1.[AlH3]. The lowest BCUT2D eigenvalue weighted by Gasteiger charge is -1.95. The van der Waals surface area contributed by atoms with Crippen molar-refractivity contribution in [3.05, 3.63) is 29.3 Å². The second-order valence-electron chi connectivity index (χ2n) is 1.93. The van der Waals surface area contributed by atoms with Gasteiger partial charge in [0.2, 0.25) is 0 Å². The van der Waals surface area contributed by atoms with Gasteiger partial charge in [-0.25, -0.2) is 0 Å². The van der Waals surface area contributed by atoms with Crippen molar-refractivity contribution in [2.75, 3.05) is 0 Å². The fourth-order valence-corrected chi connectivity index (χ4v) is 1.41. The van der Waals surface area contributed by atoms with Gasteiger partial charge in [-0.15, -0.1) is 0 Å². The van der Waals surface area contributed by atoms with E-state index in [1.807, 2.05) is 0 Å². The van der Waals surface area contributed by atoms with E-state index in [0.29, 0.717) is 0 Å². The van der Waals surface area contributed by atoms with Crippen molar-refractivity contribution in [1.82, 2.24) is 0 Å². The maximum Gasteiger partial charge on any atom is 0.294 e. The van der Waals surface area contributed by atoms with Crippen LogP contribution in [0.2, 0.25) is 5.02 Å². The van der Waals surface area contributed by atoms with Crippen molar-refractivity contribution >= 4 is 39.1 Å². The van der Waals surface area contributed by atoms with Gasteiger partial charge in [0.15, 0.2) is 17.4 Å². The van der Waals surface area contributed by atoms with Crippen LogP contribution in [0.5, 0.6) is 0 Å². The van der Waals surface area contributed by atoms with Crippen LogP contribution >= 0.6 is 11.6 Å². The molecule has 1 aromatic rings. The van der Waals surface area contributed by atoms with Gasteiger partial charge in [0.1, 0.15) is 0 Å². The molecule has 0 heterocycles. The summed E-state index contributed by atoms with van der Waals surface area (Å²) in [6.45, 7) is 0. The lowest BCUT2D eigenvalue weighted by molar-refractivity contribution is 0.483. The summed E-state index contributed by atoms with van der Waals surface area (Å²) < 4.78 is 29.5. The molecular formula is C6H8AlClO3S. The lowest BCUT2D eigenvalue weighted by atomic mass is 10.4. The second kappa shape index (κ2) is 4.26. The first-order valence-corrected chi connectivity index (χ1v) is 4.55. The zero-order valence-corrected chi connectivity index (χ0v) is 6.93. The summed E-state index contributed by atoms with van der Waals surface area (Å²) in [7, 11) is -4.11. The molecule has 0 aliphatic rings. The van der Waals surface area contributed by atoms with Crippen LogP contribution in [0.4, 0.5) is 0 Å². The van der Waals surface area contributed by atoms with E-state index in [2.05, 4.69) is 0 Å². The Balaban J connectivity index is 0.00000121. The van der Waals surface area contributed by atoms with Crippen LogP contribution in [0.1, 0.15) is 0 Å². The molecule has 1 N–H and O–H groups in total. The standard InChI is InChI=1S/C6H5ClO3S.Al.3H/c7-5-2-1-3-6(4-5)11(8,9)10;;;;/h1-4H,(H,8,9,10);;;;. The van der Waals surface area contributed by atoms with Crippen molar-refractivity contribution in [3.63, 3.8) is 0 Å². The molecule has 0 aliphatic carbocycles. The summed E-state index contributed by atoms with van der Waals surface area (Å²) in [5, 5.41) is 0.278. The predicted molar refractivity (Wildman–Crippen MR) is 51.2 cm³/mol. The third-order valence-electron chi connectivity index (χ3n) is 1.09. The molecule has 0 bridgehead atoms. The van der Waals surface area contributed by atoms with Crippen LogP contribution in [-0.4, -0.2) is 30.3 Å². The summed E-state index contributed by atoms with van der Waals surface area (Å²) in [5.74, 6) is 0. The average molecular weight is 223 g/mol. The normalized spacial score (nSPS) is 10.5. The van der Waals surface area contributed by atoms with Gasteiger partial charge in [0, 0.05) is 5.02 Å². The Morgan fingerprint density at radius 3 is 2.25 bits per heavy atom. The molecule has 0 saturated carbocycles. The minimum Gasteiger partial charge on any atom is -0.282 e. The zero-order chi connectivity index (χ0) is 8.48. The van der Waals surface area contributed by atoms with Crippen LogP contribution in [0.25, 0.3) is 0 Å². The molecule has 0 unspecified atom stereocenters. The van der Waals surface area contributed by atoms with Crippen LogP contribution in [0.3, 0.4) is 0 Å². The smallest absolute Gasteiger partial charge is 0.282 e. The van der Waals surface area contributed by atoms with Crippen molar-refractivity contribution < 1.29 is 13.0 Å². The molecule has 0 spiro atoms. The van der Waals surface area contributed by atoms with E-state index in [0.717, 1.165) is 0 Å². The first-order valence-electron chi connectivity index (χ1n) is 2.73. The van der Waals surface area contributed by atoms with Gasteiger partial charge in [0.05, 0.1) is 4.90 Å². The number of hydrogen-bond donors (Lipinski definition) is 1. The molecule has 0 fully saturated rings. The molecule has 0 aliphatic heterocycles. The zero-order valence-electron chi connectivity index (χ0n) is 5.36. The number of benzene rings is 1. The van der Waals surface area contributed by atoms with Crippen LogP contribution in [0, 0.1) is 0 Å². The summed E-state index contributed by atoms with van der Waals surface area (Å²) in [6, 6.07) is 5.42. The van der Waals surface area contributed by atoms with E-state index in [1.165, 1.54) is 24.3 Å². The third-order valence-corrected chi connectivity index (χ3v) is 2.18. The van der Waals surface area contributed by atoms with Crippen molar-refractivity contribution in [3.8, 4) is 0 Å². The van der Waals surface area contributed by atoms with E-state index in [4.69, 9.17) is 16.2 Å². The van der Waals surface area contributed by atoms with Gasteiger partial charge in [0.25, 0.3) is 10.1 Å². The highest BCUT2D eigenvalue weighted by molar-refractivity contribution is 7.85. The monoisotopic (exact) mass is 222 g/mol. The van der Waals surface area contributed by atoms with Crippen LogP contribution in [-0.2, 0) is 10.1 Å². The topological polar surface area (TPSA) is 54.4 Å². The highest BCUT2D eigenvalue weighted by atomic mass is 35.5. The summed E-state index contributed by atoms with van der Waals surface area (Å²) in [5.41, 5.74) is 0. The van der Waals surface area contributed by atoms with Gasteiger partial charge >= 0.3 is 0 Å². The molecule has 66 valence electrons. The average Bonchev–Trinajstić information content (AvgIpc) is 1.86. The highest BCUT2D eigenvalue weighted by Crippen LogP contribution is 2.14. The Hall–Kier alpha value is -0.0475. The van der Waals surface area contributed by atoms with Crippen LogP contribution in [0.15, 0.2) is 29.2 Å². The lowest BCUT2D eigenvalue weighted by Crippen LogP contribution is -1.96. The maximum absolute atomic E-state index is 10.5. The Morgan fingerprint density at radius 1 is 1.33 bits per heavy atom. The fourth-order valence-electron chi connectivity index (χ4n) is 0.627. The van der Waals surface area contributed by atoms with Gasteiger partial charge in [-0.1, -0.05) is 17.7 Å². The predicted octanol–water partition coefficient (Wildman–Crippen LogP) is 0.403. The van der Waals surface area contributed by atoms with E-state index in [-0.39, 0.29) is 27.3 Å². The van der Waals surface area contributed by atoms with Gasteiger partial charge < -0.3 is 0 Å².